The average Bonchev–Trinajstić information content (AvgIpc) is 3.49. The third kappa shape index (κ3) is 3.60. The Bertz CT molecular complexity index is 1200. The summed E-state index contributed by atoms with van der Waals surface area (Å²) in [6.07, 6.45) is 3.74. The van der Waals surface area contributed by atoms with E-state index >= 15 is 0 Å². The van der Waals surface area contributed by atoms with E-state index in [2.05, 4.69) is 9.97 Å². The zero-order chi connectivity index (χ0) is 22.7. The molecule has 4 aromatic rings. The topological polar surface area (TPSA) is 101 Å². The Morgan fingerprint density at radius 2 is 1.66 bits per heavy atom. The van der Waals surface area contributed by atoms with Gasteiger partial charge in [-0.05, 0) is 30.7 Å². The number of rotatable bonds is 9. The summed E-state index contributed by atoms with van der Waals surface area (Å²) in [5, 5.41) is 9.24. The van der Waals surface area contributed by atoms with Gasteiger partial charge in [-0.25, -0.2) is 9.97 Å². The maximum atomic E-state index is 9.24. The van der Waals surface area contributed by atoms with Crippen molar-refractivity contribution in [1.82, 2.24) is 14.5 Å². The summed E-state index contributed by atoms with van der Waals surface area (Å²) in [6, 6.07) is 7.41. The molecule has 0 saturated heterocycles. The van der Waals surface area contributed by atoms with Crippen LogP contribution in [0.1, 0.15) is 6.42 Å². The minimum absolute atomic E-state index is 0.0923. The van der Waals surface area contributed by atoms with Gasteiger partial charge in [-0.3, -0.25) is 0 Å². The summed E-state index contributed by atoms with van der Waals surface area (Å²) < 4.78 is 29.8. The normalized spacial score (nSPS) is 11.0. The molecule has 9 heteroatoms. The van der Waals surface area contributed by atoms with Crippen LogP contribution in [0.25, 0.3) is 33.6 Å². The third-order valence-corrected chi connectivity index (χ3v) is 5.25. The quantitative estimate of drug-likeness (QED) is 0.421. The van der Waals surface area contributed by atoms with Gasteiger partial charge in [-0.1, -0.05) is 0 Å². The molecular weight excluding hydrogens is 414 g/mol. The largest absolute Gasteiger partial charge is 0.494 e. The summed E-state index contributed by atoms with van der Waals surface area (Å²) in [7, 11) is 6.31. The Kier molecular flexibility index (Phi) is 6.18. The number of aliphatic hydroxyl groups excluding tert-OH is 1. The highest BCUT2D eigenvalue weighted by Gasteiger charge is 2.22. The van der Waals surface area contributed by atoms with Crippen LogP contribution in [-0.2, 0) is 6.54 Å². The van der Waals surface area contributed by atoms with Crippen LogP contribution in [0.15, 0.2) is 41.4 Å². The van der Waals surface area contributed by atoms with Gasteiger partial charge >= 0.3 is 0 Å². The summed E-state index contributed by atoms with van der Waals surface area (Å²) in [6.45, 7) is 0.706. The number of oxazole rings is 1. The van der Waals surface area contributed by atoms with Gasteiger partial charge in [-0.2, -0.15) is 0 Å². The monoisotopic (exact) mass is 439 g/mol. The van der Waals surface area contributed by atoms with Gasteiger partial charge in [0.05, 0.1) is 34.8 Å². The van der Waals surface area contributed by atoms with Crippen LogP contribution in [0.3, 0.4) is 0 Å². The first-order valence-electron chi connectivity index (χ1n) is 10.0. The minimum Gasteiger partial charge on any atom is -0.494 e. The molecule has 0 spiro atoms. The third-order valence-electron chi connectivity index (χ3n) is 5.25. The Hall–Kier alpha value is -3.72. The highest BCUT2D eigenvalue weighted by atomic mass is 16.5. The second-order valence-corrected chi connectivity index (χ2v) is 6.97. The van der Waals surface area contributed by atoms with Crippen LogP contribution < -0.4 is 18.9 Å². The van der Waals surface area contributed by atoms with Gasteiger partial charge in [0.2, 0.25) is 5.75 Å². The molecule has 0 saturated carbocycles. The fourth-order valence-electron chi connectivity index (χ4n) is 3.77. The lowest BCUT2D eigenvalue weighted by molar-refractivity contribution is 0.280. The van der Waals surface area contributed by atoms with E-state index < -0.39 is 0 Å². The molecule has 2 heterocycles. The van der Waals surface area contributed by atoms with Gasteiger partial charge in [0.1, 0.15) is 22.5 Å². The summed E-state index contributed by atoms with van der Waals surface area (Å²) >= 11 is 0. The van der Waals surface area contributed by atoms with Gasteiger partial charge < -0.3 is 33.0 Å². The summed E-state index contributed by atoms with van der Waals surface area (Å²) in [5.74, 6) is 2.78. The van der Waals surface area contributed by atoms with E-state index in [0.717, 1.165) is 16.6 Å². The Morgan fingerprint density at radius 1 is 0.938 bits per heavy atom. The van der Waals surface area contributed by atoms with Crippen molar-refractivity contribution in [2.45, 2.75) is 13.0 Å². The number of hydrogen-bond donors (Lipinski definition) is 1. The molecule has 0 aliphatic carbocycles. The number of fused-ring (bicyclic) bond motifs is 1. The lowest BCUT2D eigenvalue weighted by Crippen LogP contribution is -2.00. The number of imidazole rings is 1. The highest BCUT2D eigenvalue weighted by molar-refractivity contribution is 5.97. The molecule has 0 aliphatic rings. The average molecular weight is 439 g/mol. The van der Waals surface area contributed by atoms with Gasteiger partial charge in [0.25, 0.3) is 0 Å². The zero-order valence-electron chi connectivity index (χ0n) is 18.4. The van der Waals surface area contributed by atoms with Crippen molar-refractivity contribution < 1.29 is 28.5 Å². The molecular formula is C23H25N3O6. The van der Waals surface area contributed by atoms with E-state index in [9.17, 15) is 5.11 Å². The summed E-state index contributed by atoms with van der Waals surface area (Å²) in [4.78, 5) is 9.07. The number of methoxy groups -OCH3 is 4. The van der Waals surface area contributed by atoms with E-state index in [-0.39, 0.29) is 6.61 Å². The van der Waals surface area contributed by atoms with Crippen molar-refractivity contribution in [3.8, 4) is 45.6 Å². The van der Waals surface area contributed by atoms with E-state index in [4.69, 9.17) is 23.4 Å². The van der Waals surface area contributed by atoms with Gasteiger partial charge in [-0.15, -0.1) is 0 Å². The van der Waals surface area contributed by atoms with E-state index in [1.165, 1.54) is 6.39 Å². The Morgan fingerprint density at radius 3 is 2.28 bits per heavy atom. The minimum atomic E-state index is 0.0923. The first-order chi connectivity index (χ1) is 15.7. The van der Waals surface area contributed by atoms with Crippen LogP contribution in [0.4, 0.5) is 0 Å². The molecule has 2 aromatic carbocycles. The van der Waals surface area contributed by atoms with Crippen molar-refractivity contribution >= 4 is 11.0 Å². The number of ether oxygens (including phenoxy) is 4. The number of hydrogen-bond acceptors (Lipinski definition) is 8. The molecule has 0 unspecified atom stereocenters. The molecule has 2 aromatic heterocycles. The molecule has 0 radical (unpaired) electrons. The molecule has 0 bridgehead atoms. The van der Waals surface area contributed by atoms with Crippen molar-refractivity contribution in [1.29, 1.82) is 0 Å². The number of nitrogens with zero attached hydrogens (tertiary/aromatic N) is 3. The first-order valence-corrected chi connectivity index (χ1v) is 10.0. The molecule has 0 amide bonds. The fraction of sp³-hybridized carbons (Fsp3) is 0.304. The van der Waals surface area contributed by atoms with Crippen molar-refractivity contribution in [2.24, 2.45) is 0 Å². The van der Waals surface area contributed by atoms with Crippen LogP contribution in [-0.4, -0.2) is 54.7 Å². The first kappa shape index (κ1) is 21.5. The Labute approximate surface area is 185 Å². The van der Waals surface area contributed by atoms with E-state index in [1.807, 2.05) is 28.8 Å². The molecule has 0 atom stereocenters. The number of benzene rings is 2. The van der Waals surface area contributed by atoms with E-state index in [0.29, 0.717) is 52.9 Å². The van der Waals surface area contributed by atoms with Crippen LogP contribution >= 0.6 is 0 Å². The molecule has 4 rings (SSSR count). The van der Waals surface area contributed by atoms with Crippen LogP contribution in [0, 0.1) is 0 Å². The number of aryl methyl sites for hydroxylation is 1. The van der Waals surface area contributed by atoms with Gasteiger partial charge in [0.15, 0.2) is 23.7 Å². The smallest absolute Gasteiger partial charge is 0.203 e. The fourth-order valence-corrected chi connectivity index (χ4v) is 3.77. The number of aromatic nitrogens is 3. The molecule has 168 valence electrons. The SMILES string of the molecule is COc1cc(-c2ncoc2-c2ccc(OC)c3c2ncn3CCCO)cc(OC)c1OC. The molecule has 1 N–H and O–H groups in total. The second-order valence-electron chi connectivity index (χ2n) is 6.97. The Balaban J connectivity index is 1.89. The van der Waals surface area contributed by atoms with Gasteiger partial charge in [0, 0.05) is 24.3 Å². The highest BCUT2D eigenvalue weighted by Crippen LogP contribution is 2.44. The lowest BCUT2D eigenvalue weighted by Gasteiger charge is -2.14. The molecule has 9 nitrogen and oxygen atoms in total. The lowest BCUT2D eigenvalue weighted by atomic mass is 10.0. The predicted octanol–water partition coefficient (Wildman–Crippen LogP) is 3.78. The molecule has 0 aliphatic heterocycles. The summed E-state index contributed by atoms with van der Waals surface area (Å²) in [5.41, 5.74) is 3.66. The van der Waals surface area contributed by atoms with Crippen LogP contribution in [0.2, 0.25) is 0 Å². The van der Waals surface area contributed by atoms with Crippen molar-refractivity contribution in [3.63, 3.8) is 0 Å². The van der Waals surface area contributed by atoms with Crippen molar-refractivity contribution in [3.05, 3.63) is 37.0 Å². The zero-order valence-corrected chi connectivity index (χ0v) is 18.4. The van der Waals surface area contributed by atoms with E-state index in [1.54, 1.807) is 34.8 Å². The second kappa shape index (κ2) is 9.19. The predicted molar refractivity (Wildman–Crippen MR) is 119 cm³/mol. The van der Waals surface area contributed by atoms with Crippen molar-refractivity contribution in [2.75, 3.05) is 35.0 Å². The number of aliphatic hydroxyl groups is 1. The molecule has 0 fully saturated rings. The van der Waals surface area contributed by atoms with Crippen LogP contribution in [0.5, 0.6) is 23.0 Å². The maximum Gasteiger partial charge on any atom is 0.203 e. The maximum absolute atomic E-state index is 9.24. The molecule has 32 heavy (non-hydrogen) atoms. The standard InChI is InChI=1S/C23H25N3O6/c1-28-16-7-6-15(20-21(16)26(12-24-20)8-5-9-27)22-19(25-13-32-22)14-10-17(29-2)23(31-4)18(11-14)30-3/h6-7,10-13,27H,5,8-9H2,1-4H3.